The van der Waals surface area contributed by atoms with Gasteiger partial charge in [0.05, 0.1) is 12.1 Å². The Morgan fingerprint density at radius 1 is 1.16 bits per heavy atom. The fourth-order valence-electron chi connectivity index (χ4n) is 2.84. The molecule has 1 saturated heterocycles. The number of ether oxygens (including phenoxy) is 1. The molecule has 0 spiro atoms. The van der Waals surface area contributed by atoms with Gasteiger partial charge in [0.2, 0.25) is 0 Å². The molecule has 3 rings (SSSR count). The van der Waals surface area contributed by atoms with Gasteiger partial charge in [0.1, 0.15) is 5.75 Å². The second-order valence-electron chi connectivity index (χ2n) is 5.77. The van der Waals surface area contributed by atoms with Crippen molar-refractivity contribution in [3.8, 4) is 5.75 Å². The summed E-state index contributed by atoms with van der Waals surface area (Å²) in [4.78, 5) is 20.9. The van der Waals surface area contributed by atoms with E-state index in [-0.39, 0.29) is 18.3 Å². The summed E-state index contributed by atoms with van der Waals surface area (Å²) < 4.78 is 5.13. The number of nitrogens with zero attached hydrogens (tertiary/aromatic N) is 3. The molecular formula is C18H21Cl2N3O2. The third-order valence-electron chi connectivity index (χ3n) is 4.21. The molecule has 0 bridgehead atoms. The number of methoxy groups -OCH3 is 1. The number of rotatable bonds is 4. The maximum absolute atomic E-state index is 12.6. The monoisotopic (exact) mass is 381 g/mol. The summed E-state index contributed by atoms with van der Waals surface area (Å²) >= 11 is 6.12. The first kappa shape index (κ1) is 19.5. The maximum Gasteiger partial charge on any atom is 0.253 e. The summed E-state index contributed by atoms with van der Waals surface area (Å²) in [5.41, 5.74) is 1.84. The van der Waals surface area contributed by atoms with E-state index in [4.69, 9.17) is 16.3 Å². The van der Waals surface area contributed by atoms with Gasteiger partial charge in [0, 0.05) is 50.7 Å². The Balaban J connectivity index is 0.00000225. The molecule has 1 aromatic carbocycles. The van der Waals surface area contributed by atoms with Crippen LogP contribution < -0.4 is 4.74 Å². The van der Waals surface area contributed by atoms with Crippen LogP contribution in [-0.2, 0) is 6.54 Å². The van der Waals surface area contributed by atoms with Crippen molar-refractivity contribution in [2.75, 3.05) is 33.3 Å². The number of pyridine rings is 1. The van der Waals surface area contributed by atoms with Gasteiger partial charge in [0.25, 0.3) is 5.91 Å². The number of benzene rings is 1. The molecule has 0 aliphatic carbocycles. The average Bonchev–Trinajstić information content (AvgIpc) is 2.62. The summed E-state index contributed by atoms with van der Waals surface area (Å²) in [6.07, 6.45) is 3.62. The van der Waals surface area contributed by atoms with E-state index in [0.717, 1.165) is 19.6 Å². The van der Waals surface area contributed by atoms with Crippen LogP contribution in [0.3, 0.4) is 0 Å². The van der Waals surface area contributed by atoms with Crippen LogP contribution in [0.15, 0.2) is 42.7 Å². The van der Waals surface area contributed by atoms with Crippen LogP contribution in [0.1, 0.15) is 15.9 Å². The number of carbonyl (C=O) groups is 1. The molecule has 0 radical (unpaired) electrons. The van der Waals surface area contributed by atoms with Crippen molar-refractivity contribution in [1.29, 1.82) is 0 Å². The summed E-state index contributed by atoms with van der Waals surface area (Å²) in [6, 6.07) is 9.21. The highest BCUT2D eigenvalue weighted by atomic mass is 35.5. The lowest BCUT2D eigenvalue weighted by molar-refractivity contribution is 0.0628. The van der Waals surface area contributed by atoms with Crippen molar-refractivity contribution in [3.63, 3.8) is 0 Å². The van der Waals surface area contributed by atoms with Crippen LogP contribution in [0.5, 0.6) is 5.75 Å². The minimum Gasteiger partial charge on any atom is -0.495 e. The molecule has 1 aliphatic heterocycles. The van der Waals surface area contributed by atoms with E-state index in [9.17, 15) is 4.79 Å². The minimum absolute atomic E-state index is 0. The van der Waals surface area contributed by atoms with Gasteiger partial charge < -0.3 is 9.64 Å². The van der Waals surface area contributed by atoms with Crippen molar-refractivity contribution in [3.05, 3.63) is 58.9 Å². The summed E-state index contributed by atoms with van der Waals surface area (Å²) in [7, 11) is 1.56. The smallest absolute Gasteiger partial charge is 0.253 e. The molecule has 0 unspecified atom stereocenters. The maximum atomic E-state index is 12.6. The number of hydrogen-bond donors (Lipinski definition) is 0. The summed E-state index contributed by atoms with van der Waals surface area (Å²) in [6.45, 7) is 4.04. The van der Waals surface area contributed by atoms with E-state index in [1.54, 1.807) is 25.3 Å². The molecule has 7 heteroatoms. The number of amides is 1. The third kappa shape index (κ3) is 4.84. The molecule has 2 aromatic rings. The molecule has 134 valence electrons. The summed E-state index contributed by atoms with van der Waals surface area (Å²) in [5.74, 6) is 0.596. The molecule has 0 N–H and O–H groups in total. The van der Waals surface area contributed by atoms with Crippen LogP contribution in [0.4, 0.5) is 0 Å². The lowest BCUT2D eigenvalue weighted by Crippen LogP contribution is -2.48. The Kier molecular flexibility index (Phi) is 7.05. The molecule has 2 heterocycles. The van der Waals surface area contributed by atoms with Crippen molar-refractivity contribution in [2.24, 2.45) is 0 Å². The van der Waals surface area contributed by atoms with E-state index in [2.05, 4.69) is 9.88 Å². The highest BCUT2D eigenvalue weighted by molar-refractivity contribution is 6.32. The van der Waals surface area contributed by atoms with E-state index in [1.165, 1.54) is 5.56 Å². The molecule has 1 aromatic heterocycles. The quantitative estimate of drug-likeness (QED) is 0.815. The first-order valence-corrected chi connectivity index (χ1v) is 8.29. The SMILES string of the molecule is COc1ccc(C(=O)N2CCN(Cc3ccncc3)CC2)cc1Cl.Cl. The first-order valence-electron chi connectivity index (χ1n) is 7.91. The van der Waals surface area contributed by atoms with Gasteiger partial charge >= 0.3 is 0 Å². The second-order valence-corrected chi connectivity index (χ2v) is 6.18. The van der Waals surface area contributed by atoms with Gasteiger partial charge in [-0.3, -0.25) is 14.7 Å². The van der Waals surface area contributed by atoms with Gasteiger partial charge in [-0.15, -0.1) is 12.4 Å². The number of carbonyl (C=O) groups excluding carboxylic acids is 1. The molecule has 1 aliphatic rings. The molecule has 0 saturated carbocycles. The minimum atomic E-state index is 0. The fraction of sp³-hybridized carbons (Fsp3) is 0.333. The van der Waals surface area contributed by atoms with Crippen molar-refractivity contribution in [2.45, 2.75) is 6.54 Å². The Labute approximate surface area is 159 Å². The zero-order valence-electron chi connectivity index (χ0n) is 14.0. The lowest BCUT2D eigenvalue weighted by atomic mass is 10.1. The molecular weight excluding hydrogens is 361 g/mol. The topological polar surface area (TPSA) is 45.7 Å². The van der Waals surface area contributed by atoms with Gasteiger partial charge in [-0.1, -0.05) is 11.6 Å². The van der Waals surface area contributed by atoms with Gasteiger partial charge in [-0.2, -0.15) is 0 Å². The zero-order valence-corrected chi connectivity index (χ0v) is 15.6. The number of halogens is 2. The van der Waals surface area contributed by atoms with Crippen LogP contribution in [0.2, 0.25) is 5.02 Å². The molecule has 1 fully saturated rings. The van der Waals surface area contributed by atoms with E-state index in [1.807, 2.05) is 29.4 Å². The van der Waals surface area contributed by atoms with Crippen molar-refractivity contribution < 1.29 is 9.53 Å². The van der Waals surface area contributed by atoms with Crippen molar-refractivity contribution in [1.82, 2.24) is 14.8 Å². The summed E-state index contributed by atoms with van der Waals surface area (Å²) in [5, 5.41) is 0.458. The highest BCUT2D eigenvalue weighted by Gasteiger charge is 2.22. The predicted molar refractivity (Wildman–Crippen MR) is 101 cm³/mol. The Bertz CT molecular complexity index is 705. The Hall–Kier alpha value is -1.82. The van der Waals surface area contributed by atoms with Gasteiger partial charge in [0.15, 0.2) is 0 Å². The molecule has 0 atom stereocenters. The second kappa shape index (κ2) is 9.04. The molecule has 25 heavy (non-hydrogen) atoms. The first-order chi connectivity index (χ1) is 11.7. The van der Waals surface area contributed by atoms with Crippen LogP contribution in [0, 0.1) is 0 Å². The standard InChI is InChI=1S/C18H20ClN3O2.ClH/c1-24-17-3-2-15(12-16(17)19)18(23)22-10-8-21(9-11-22)13-14-4-6-20-7-5-14;/h2-7,12H,8-11,13H2,1H3;1H. The molecule has 5 nitrogen and oxygen atoms in total. The lowest BCUT2D eigenvalue weighted by Gasteiger charge is -2.34. The van der Waals surface area contributed by atoms with Crippen LogP contribution in [0.25, 0.3) is 0 Å². The predicted octanol–water partition coefficient (Wildman–Crippen LogP) is 3.12. The fourth-order valence-corrected chi connectivity index (χ4v) is 3.10. The van der Waals surface area contributed by atoms with Crippen LogP contribution >= 0.6 is 24.0 Å². The Morgan fingerprint density at radius 3 is 2.44 bits per heavy atom. The van der Waals surface area contributed by atoms with Crippen LogP contribution in [-0.4, -0.2) is 54.0 Å². The number of hydrogen-bond acceptors (Lipinski definition) is 4. The normalized spacial score (nSPS) is 14.7. The zero-order chi connectivity index (χ0) is 16.9. The van der Waals surface area contributed by atoms with E-state index < -0.39 is 0 Å². The largest absolute Gasteiger partial charge is 0.495 e. The average molecular weight is 382 g/mol. The van der Waals surface area contributed by atoms with E-state index >= 15 is 0 Å². The van der Waals surface area contributed by atoms with Gasteiger partial charge in [-0.05, 0) is 35.9 Å². The number of aromatic nitrogens is 1. The third-order valence-corrected chi connectivity index (χ3v) is 4.51. The van der Waals surface area contributed by atoms with E-state index in [0.29, 0.717) is 29.4 Å². The Morgan fingerprint density at radius 2 is 1.84 bits per heavy atom. The highest BCUT2D eigenvalue weighted by Crippen LogP contribution is 2.25. The molecule has 1 amide bonds. The van der Waals surface area contributed by atoms with Crippen molar-refractivity contribution >= 4 is 29.9 Å². The number of piperazine rings is 1. The van der Waals surface area contributed by atoms with Gasteiger partial charge in [-0.25, -0.2) is 0 Å².